The molecule has 1 aromatic carbocycles. The molecule has 1 aliphatic heterocycles. The van der Waals surface area contributed by atoms with Gasteiger partial charge in [0.05, 0.1) is 11.1 Å². The normalized spacial score (nSPS) is 17.0. The molecule has 132 valence electrons. The molecule has 5 nitrogen and oxygen atoms in total. The monoisotopic (exact) mass is 386 g/mol. The van der Waals surface area contributed by atoms with Crippen LogP contribution in [0.2, 0.25) is 5.02 Å². The van der Waals surface area contributed by atoms with E-state index in [9.17, 15) is 17.9 Å². The van der Waals surface area contributed by atoms with E-state index in [1.165, 1.54) is 6.07 Å². The van der Waals surface area contributed by atoms with E-state index in [1.807, 2.05) is 0 Å². The van der Waals surface area contributed by atoms with Crippen LogP contribution in [0.25, 0.3) is 0 Å². The zero-order valence-electron chi connectivity index (χ0n) is 12.5. The van der Waals surface area contributed by atoms with Crippen molar-refractivity contribution < 1.29 is 17.9 Å². The van der Waals surface area contributed by atoms with Gasteiger partial charge in [0.1, 0.15) is 10.7 Å². The van der Waals surface area contributed by atoms with Crippen LogP contribution in [0.4, 0.5) is 4.39 Å². The predicted octanol–water partition coefficient (Wildman–Crippen LogP) is 2.03. The van der Waals surface area contributed by atoms with Crippen LogP contribution in [-0.4, -0.2) is 50.7 Å². The van der Waals surface area contributed by atoms with Crippen LogP contribution in [0.1, 0.15) is 19.3 Å². The number of aliphatic hydroxyl groups is 1. The number of hydrogen-bond acceptors (Lipinski definition) is 4. The first-order valence-electron chi connectivity index (χ1n) is 7.23. The molecule has 1 saturated heterocycles. The average Bonchev–Trinajstić information content (AvgIpc) is 2.48. The smallest absolute Gasteiger partial charge is 0.242 e. The Labute approximate surface area is 147 Å². The van der Waals surface area contributed by atoms with Gasteiger partial charge >= 0.3 is 0 Å². The summed E-state index contributed by atoms with van der Waals surface area (Å²) in [5.41, 5.74) is 0. The molecule has 2 rings (SSSR count). The van der Waals surface area contributed by atoms with Crippen LogP contribution >= 0.6 is 24.0 Å². The molecule has 1 fully saturated rings. The van der Waals surface area contributed by atoms with Crippen molar-refractivity contribution in [2.24, 2.45) is 0 Å². The molecule has 9 heteroatoms. The molecule has 0 aliphatic carbocycles. The van der Waals surface area contributed by atoms with Crippen molar-refractivity contribution in [3.63, 3.8) is 0 Å². The number of hydrogen-bond donors (Lipinski definition) is 2. The van der Waals surface area contributed by atoms with Crippen LogP contribution in [0.5, 0.6) is 0 Å². The first-order chi connectivity index (χ1) is 10.4. The third kappa shape index (κ3) is 6.17. The van der Waals surface area contributed by atoms with Crippen molar-refractivity contribution in [2.45, 2.75) is 30.3 Å². The first-order valence-corrected chi connectivity index (χ1v) is 9.10. The first kappa shape index (κ1) is 20.6. The van der Waals surface area contributed by atoms with Crippen LogP contribution in [-0.2, 0) is 10.0 Å². The summed E-state index contributed by atoms with van der Waals surface area (Å²) >= 11 is 5.81. The number of sulfonamides is 1. The minimum atomic E-state index is -3.81. The zero-order chi connectivity index (χ0) is 16.2. The zero-order valence-corrected chi connectivity index (χ0v) is 14.9. The van der Waals surface area contributed by atoms with Gasteiger partial charge in [-0.05, 0) is 44.0 Å². The SMILES string of the molecule is Cl.O=S(=O)(NCCCN1CCC(O)CC1)c1cc(F)ccc1Cl. The van der Waals surface area contributed by atoms with Gasteiger partial charge in [0, 0.05) is 19.6 Å². The van der Waals surface area contributed by atoms with Crippen molar-refractivity contribution >= 4 is 34.0 Å². The molecule has 1 aliphatic rings. The van der Waals surface area contributed by atoms with E-state index in [0.717, 1.165) is 44.6 Å². The maximum Gasteiger partial charge on any atom is 0.242 e. The van der Waals surface area contributed by atoms with E-state index in [2.05, 4.69) is 9.62 Å². The summed E-state index contributed by atoms with van der Waals surface area (Å²) in [7, 11) is -3.81. The van der Waals surface area contributed by atoms with Crippen LogP contribution in [0.15, 0.2) is 23.1 Å². The second-order valence-electron chi connectivity index (χ2n) is 5.40. The van der Waals surface area contributed by atoms with E-state index >= 15 is 0 Å². The predicted molar refractivity (Wildman–Crippen MR) is 90.1 cm³/mol. The molecule has 1 aromatic rings. The summed E-state index contributed by atoms with van der Waals surface area (Å²) in [5, 5.41) is 9.42. The summed E-state index contributed by atoms with van der Waals surface area (Å²) in [4.78, 5) is 1.95. The summed E-state index contributed by atoms with van der Waals surface area (Å²) < 4.78 is 39.8. The van der Waals surface area contributed by atoms with Gasteiger partial charge < -0.3 is 10.0 Å². The molecule has 0 spiro atoms. The van der Waals surface area contributed by atoms with Crippen LogP contribution in [0, 0.1) is 5.82 Å². The Bertz CT molecular complexity index is 608. The van der Waals surface area contributed by atoms with E-state index in [0.29, 0.717) is 6.42 Å². The number of rotatable bonds is 6. The Morgan fingerprint density at radius 2 is 2.00 bits per heavy atom. The fourth-order valence-electron chi connectivity index (χ4n) is 2.41. The Hall–Kier alpha value is -0.440. The molecule has 0 radical (unpaired) electrons. The quantitative estimate of drug-likeness (QED) is 0.733. The fraction of sp³-hybridized carbons (Fsp3) is 0.571. The van der Waals surface area contributed by atoms with Gasteiger partial charge in [0.15, 0.2) is 0 Å². The maximum atomic E-state index is 13.2. The molecule has 1 heterocycles. The minimum absolute atomic E-state index is 0. The highest BCUT2D eigenvalue weighted by atomic mass is 35.5. The molecule has 0 unspecified atom stereocenters. The number of halogens is 3. The lowest BCUT2D eigenvalue weighted by atomic mass is 10.1. The molecule has 0 aromatic heterocycles. The van der Waals surface area contributed by atoms with Gasteiger partial charge in [-0.3, -0.25) is 0 Å². The number of benzene rings is 1. The number of likely N-dealkylation sites (tertiary alicyclic amines) is 1. The second kappa shape index (κ2) is 9.15. The Morgan fingerprint density at radius 3 is 2.65 bits per heavy atom. The summed E-state index contributed by atoms with van der Waals surface area (Å²) in [6.45, 7) is 2.66. The van der Waals surface area contributed by atoms with E-state index < -0.39 is 15.8 Å². The van der Waals surface area contributed by atoms with Gasteiger partial charge in [0.25, 0.3) is 0 Å². The fourth-order valence-corrected chi connectivity index (χ4v) is 4.00. The van der Waals surface area contributed by atoms with Crippen molar-refractivity contribution in [1.82, 2.24) is 9.62 Å². The Kier molecular flexibility index (Phi) is 8.20. The van der Waals surface area contributed by atoms with E-state index in [1.54, 1.807) is 0 Å². The highest BCUT2D eigenvalue weighted by Gasteiger charge is 2.19. The van der Waals surface area contributed by atoms with Gasteiger partial charge in [-0.1, -0.05) is 11.6 Å². The number of nitrogens with zero attached hydrogens (tertiary/aromatic N) is 1. The standard InChI is InChI=1S/C14H20ClFN2O3S.ClH/c15-13-3-2-11(16)10-14(13)22(20,21)17-6-1-7-18-8-4-12(19)5-9-18;/h2-3,10,12,17,19H,1,4-9H2;1H. The van der Waals surface area contributed by atoms with E-state index in [4.69, 9.17) is 11.6 Å². The van der Waals surface area contributed by atoms with Crippen molar-refractivity contribution in [1.29, 1.82) is 0 Å². The third-order valence-corrected chi connectivity index (χ3v) is 5.63. The highest BCUT2D eigenvalue weighted by Crippen LogP contribution is 2.21. The lowest BCUT2D eigenvalue weighted by Gasteiger charge is -2.29. The molecular formula is C14H21Cl2FN2O3S. The lowest BCUT2D eigenvalue weighted by Crippen LogP contribution is -2.37. The molecular weight excluding hydrogens is 366 g/mol. The van der Waals surface area contributed by atoms with Gasteiger partial charge in [-0.15, -0.1) is 12.4 Å². The molecule has 0 bridgehead atoms. The topological polar surface area (TPSA) is 69.6 Å². The molecule has 0 saturated carbocycles. The van der Waals surface area contributed by atoms with Crippen molar-refractivity contribution in [2.75, 3.05) is 26.2 Å². The third-order valence-electron chi connectivity index (χ3n) is 3.68. The molecule has 2 N–H and O–H groups in total. The number of piperidine rings is 1. The van der Waals surface area contributed by atoms with Gasteiger partial charge in [-0.25, -0.2) is 17.5 Å². The van der Waals surface area contributed by atoms with Gasteiger partial charge in [-0.2, -0.15) is 0 Å². The maximum absolute atomic E-state index is 13.2. The van der Waals surface area contributed by atoms with Crippen molar-refractivity contribution in [3.8, 4) is 0 Å². The van der Waals surface area contributed by atoms with E-state index in [-0.39, 0.29) is 35.0 Å². The Morgan fingerprint density at radius 1 is 1.35 bits per heavy atom. The van der Waals surface area contributed by atoms with Gasteiger partial charge in [0.2, 0.25) is 10.0 Å². The molecule has 0 amide bonds. The minimum Gasteiger partial charge on any atom is -0.393 e. The summed E-state index contributed by atoms with van der Waals surface area (Å²) in [6, 6.07) is 3.26. The van der Waals surface area contributed by atoms with Crippen LogP contribution < -0.4 is 4.72 Å². The molecule has 23 heavy (non-hydrogen) atoms. The average molecular weight is 387 g/mol. The molecule has 0 atom stereocenters. The summed E-state index contributed by atoms with van der Waals surface area (Å²) in [5.74, 6) is -0.642. The summed E-state index contributed by atoms with van der Waals surface area (Å²) in [6.07, 6.45) is 1.93. The largest absolute Gasteiger partial charge is 0.393 e. The number of nitrogens with one attached hydrogen (secondary N) is 1. The second-order valence-corrected chi connectivity index (χ2v) is 7.54. The Balaban J connectivity index is 0.00000264. The van der Waals surface area contributed by atoms with Crippen LogP contribution in [0.3, 0.4) is 0 Å². The number of aliphatic hydroxyl groups excluding tert-OH is 1. The highest BCUT2D eigenvalue weighted by molar-refractivity contribution is 7.89. The van der Waals surface area contributed by atoms with Crippen molar-refractivity contribution in [3.05, 3.63) is 29.0 Å². The lowest BCUT2D eigenvalue weighted by molar-refractivity contribution is 0.0823.